The Morgan fingerprint density at radius 3 is 2.84 bits per heavy atom. The molecule has 1 fully saturated rings. The number of nitrogens with zero attached hydrogens (tertiary/aromatic N) is 2. The van der Waals surface area contributed by atoms with Crippen LogP contribution in [0.15, 0.2) is 36.7 Å². The van der Waals surface area contributed by atoms with Gasteiger partial charge in [-0.3, -0.25) is 9.69 Å². The summed E-state index contributed by atoms with van der Waals surface area (Å²) < 4.78 is 6.34. The lowest BCUT2D eigenvalue weighted by atomic mass is 9.88. The zero-order chi connectivity index (χ0) is 21.5. The van der Waals surface area contributed by atoms with Gasteiger partial charge in [0.15, 0.2) is 0 Å². The summed E-state index contributed by atoms with van der Waals surface area (Å²) >= 11 is 10.0. The van der Waals surface area contributed by atoms with Gasteiger partial charge < -0.3 is 9.40 Å². The van der Waals surface area contributed by atoms with E-state index in [4.69, 9.17) is 21.0 Å². The lowest BCUT2D eigenvalue weighted by Gasteiger charge is -2.28. The van der Waals surface area contributed by atoms with Crippen molar-refractivity contribution in [3.05, 3.63) is 71.1 Å². The standard InChI is InChI=1S/C23H23BrClN3O3/c24-14-6-7-19-15(10-14)20(25)17(23(30)31-19)12-28-9-8-18-16(11-28)22(29)27-21(26-18)13-4-2-1-3-5-13/h6-7,10,13H,1-5,8-9,11-12H2,(H,26,27,29). The third-order valence-corrected chi connectivity index (χ3v) is 7.36. The second kappa shape index (κ2) is 8.52. The van der Waals surface area contributed by atoms with Crippen molar-refractivity contribution >= 4 is 38.5 Å². The molecule has 6 nitrogen and oxygen atoms in total. The van der Waals surface area contributed by atoms with E-state index in [0.717, 1.165) is 28.8 Å². The van der Waals surface area contributed by atoms with Gasteiger partial charge in [-0.15, -0.1) is 0 Å². The van der Waals surface area contributed by atoms with Crippen molar-refractivity contribution in [2.45, 2.75) is 57.5 Å². The first-order chi connectivity index (χ1) is 15.0. The van der Waals surface area contributed by atoms with Crippen LogP contribution in [0.5, 0.6) is 0 Å². The van der Waals surface area contributed by atoms with Gasteiger partial charge in [-0.1, -0.05) is 46.8 Å². The van der Waals surface area contributed by atoms with E-state index in [-0.39, 0.29) is 5.56 Å². The highest BCUT2D eigenvalue weighted by Crippen LogP contribution is 2.32. The van der Waals surface area contributed by atoms with Gasteiger partial charge in [0.25, 0.3) is 5.56 Å². The van der Waals surface area contributed by atoms with Crippen molar-refractivity contribution in [3.63, 3.8) is 0 Å². The second-order valence-corrected chi connectivity index (χ2v) is 9.79. The maximum Gasteiger partial charge on any atom is 0.342 e. The zero-order valence-electron chi connectivity index (χ0n) is 17.0. The fourth-order valence-electron chi connectivity index (χ4n) is 4.74. The average molecular weight is 505 g/mol. The van der Waals surface area contributed by atoms with Gasteiger partial charge in [-0.05, 0) is 31.0 Å². The lowest BCUT2D eigenvalue weighted by molar-refractivity contribution is 0.238. The van der Waals surface area contributed by atoms with Gasteiger partial charge in [0, 0.05) is 41.8 Å². The van der Waals surface area contributed by atoms with E-state index in [1.165, 1.54) is 19.3 Å². The van der Waals surface area contributed by atoms with Crippen LogP contribution in [0.3, 0.4) is 0 Å². The van der Waals surface area contributed by atoms with E-state index in [2.05, 4.69) is 25.8 Å². The summed E-state index contributed by atoms with van der Waals surface area (Å²) in [4.78, 5) is 35.3. The summed E-state index contributed by atoms with van der Waals surface area (Å²) in [6, 6.07) is 5.38. The lowest BCUT2D eigenvalue weighted by Crippen LogP contribution is -2.37. The van der Waals surface area contributed by atoms with Gasteiger partial charge >= 0.3 is 5.63 Å². The molecule has 8 heteroatoms. The van der Waals surface area contributed by atoms with Crippen molar-refractivity contribution in [2.24, 2.45) is 0 Å². The molecule has 1 aliphatic heterocycles. The van der Waals surface area contributed by atoms with Crippen molar-refractivity contribution in [2.75, 3.05) is 6.54 Å². The molecule has 0 saturated heterocycles. The molecule has 1 aromatic carbocycles. The molecule has 1 saturated carbocycles. The number of halogens is 2. The van der Waals surface area contributed by atoms with E-state index in [0.29, 0.717) is 59.1 Å². The topological polar surface area (TPSA) is 79.2 Å². The Kier molecular flexibility index (Phi) is 5.75. The fourth-order valence-corrected chi connectivity index (χ4v) is 5.38. The highest BCUT2D eigenvalue weighted by atomic mass is 79.9. The van der Waals surface area contributed by atoms with Gasteiger partial charge in [0.2, 0.25) is 0 Å². The largest absolute Gasteiger partial charge is 0.422 e. The number of fused-ring (bicyclic) bond motifs is 2. The molecule has 5 rings (SSSR count). The molecule has 162 valence electrons. The average Bonchev–Trinajstić information content (AvgIpc) is 2.78. The quantitative estimate of drug-likeness (QED) is 0.513. The number of hydrogen-bond acceptors (Lipinski definition) is 5. The Balaban J connectivity index is 1.41. The molecular weight excluding hydrogens is 482 g/mol. The smallest absolute Gasteiger partial charge is 0.342 e. The first kappa shape index (κ1) is 20.9. The molecule has 31 heavy (non-hydrogen) atoms. The summed E-state index contributed by atoms with van der Waals surface area (Å²) in [5.41, 5.74) is 1.96. The Morgan fingerprint density at radius 2 is 2.03 bits per heavy atom. The molecule has 0 radical (unpaired) electrons. The van der Waals surface area contributed by atoms with E-state index < -0.39 is 5.63 Å². The number of hydrogen-bond donors (Lipinski definition) is 1. The number of rotatable bonds is 3. The van der Waals surface area contributed by atoms with E-state index in [9.17, 15) is 9.59 Å². The van der Waals surface area contributed by atoms with Crippen molar-refractivity contribution in [3.8, 4) is 0 Å². The SMILES string of the molecule is O=c1[nH]c(C2CCCCC2)nc2c1CN(Cc1c(Cl)c3cc(Br)ccc3oc1=O)CC2. The van der Waals surface area contributed by atoms with Crippen LogP contribution >= 0.6 is 27.5 Å². The van der Waals surface area contributed by atoms with Crippen molar-refractivity contribution < 1.29 is 4.42 Å². The normalized spacial score (nSPS) is 17.7. The maximum atomic E-state index is 12.8. The maximum absolute atomic E-state index is 12.8. The minimum atomic E-state index is -0.440. The van der Waals surface area contributed by atoms with Gasteiger partial charge in [0.05, 0.1) is 21.8 Å². The monoisotopic (exact) mass is 503 g/mol. The van der Waals surface area contributed by atoms with E-state index in [1.54, 1.807) is 6.07 Å². The first-order valence-corrected chi connectivity index (χ1v) is 11.9. The molecule has 1 aliphatic carbocycles. The van der Waals surface area contributed by atoms with Crippen LogP contribution in [0.4, 0.5) is 0 Å². The molecule has 2 aliphatic rings. The molecule has 0 spiro atoms. The first-order valence-electron chi connectivity index (χ1n) is 10.7. The van der Waals surface area contributed by atoms with Crippen LogP contribution in [0.1, 0.15) is 60.7 Å². The van der Waals surface area contributed by atoms with Gasteiger partial charge in [-0.25, -0.2) is 9.78 Å². The van der Waals surface area contributed by atoms with E-state index >= 15 is 0 Å². The highest BCUT2D eigenvalue weighted by Gasteiger charge is 2.26. The Morgan fingerprint density at radius 1 is 1.23 bits per heavy atom. The van der Waals surface area contributed by atoms with Crippen molar-refractivity contribution in [1.29, 1.82) is 0 Å². The van der Waals surface area contributed by atoms with Crippen LogP contribution in [-0.2, 0) is 19.5 Å². The predicted octanol–water partition coefficient (Wildman–Crippen LogP) is 4.90. The molecule has 3 aromatic rings. The summed E-state index contributed by atoms with van der Waals surface area (Å²) in [6.07, 6.45) is 6.54. The van der Waals surface area contributed by atoms with Crippen molar-refractivity contribution in [1.82, 2.24) is 14.9 Å². The Bertz CT molecular complexity index is 1260. The molecule has 2 aromatic heterocycles. The molecule has 0 atom stereocenters. The minimum Gasteiger partial charge on any atom is -0.422 e. The van der Waals surface area contributed by atoms with Crippen LogP contribution in [0, 0.1) is 0 Å². The highest BCUT2D eigenvalue weighted by molar-refractivity contribution is 9.10. The molecule has 0 unspecified atom stereocenters. The third-order valence-electron chi connectivity index (χ3n) is 6.43. The Labute approximate surface area is 192 Å². The number of nitrogens with one attached hydrogen (secondary N) is 1. The second-order valence-electron chi connectivity index (χ2n) is 8.49. The van der Waals surface area contributed by atoms with Crippen LogP contribution in [-0.4, -0.2) is 21.4 Å². The van der Waals surface area contributed by atoms with Gasteiger partial charge in [-0.2, -0.15) is 0 Å². The number of aromatic amines is 1. The van der Waals surface area contributed by atoms with Gasteiger partial charge in [0.1, 0.15) is 11.4 Å². The summed E-state index contributed by atoms with van der Waals surface area (Å²) in [5.74, 6) is 1.21. The molecule has 3 heterocycles. The van der Waals surface area contributed by atoms with E-state index in [1.807, 2.05) is 12.1 Å². The molecule has 1 N–H and O–H groups in total. The molecule has 0 amide bonds. The Hall–Kier alpha value is -1.96. The zero-order valence-corrected chi connectivity index (χ0v) is 19.4. The summed E-state index contributed by atoms with van der Waals surface area (Å²) in [7, 11) is 0. The number of aromatic nitrogens is 2. The minimum absolute atomic E-state index is 0.0594. The molecular formula is C23H23BrClN3O3. The number of H-pyrrole nitrogens is 1. The summed E-state index contributed by atoms with van der Waals surface area (Å²) in [6.45, 7) is 1.47. The number of benzene rings is 1. The fraction of sp³-hybridized carbons (Fsp3) is 0.435. The predicted molar refractivity (Wildman–Crippen MR) is 124 cm³/mol. The summed E-state index contributed by atoms with van der Waals surface area (Å²) in [5, 5.41) is 1.10. The van der Waals surface area contributed by atoms with Crippen LogP contribution in [0.2, 0.25) is 5.02 Å². The third kappa shape index (κ3) is 4.11. The van der Waals surface area contributed by atoms with Crippen LogP contribution in [0.25, 0.3) is 11.0 Å². The van der Waals surface area contributed by atoms with Crippen LogP contribution < -0.4 is 11.2 Å². The molecule has 0 bridgehead atoms.